The fourth-order valence-corrected chi connectivity index (χ4v) is 2.98. The van der Waals surface area contributed by atoms with E-state index < -0.39 is 0 Å². The van der Waals surface area contributed by atoms with Gasteiger partial charge in [0.15, 0.2) is 0 Å². The summed E-state index contributed by atoms with van der Waals surface area (Å²) in [5, 5.41) is 8.06. The molecule has 0 spiro atoms. The lowest BCUT2D eigenvalue weighted by molar-refractivity contribution is 0.264. The van der Waals surface area contributed by atoms with E-state index in [4.69, 9.17) is 0 Å². The van der Waals surface area contributed by atoms with Crippen LogP contribution in [0.1, 0.15) is 24.5 Å². The van der Waals surface area contributed by atoms with Gasteiger partial charge in [-0.25, -0.2) is 0 Å². The van der Waals surface area contributed by atoms with Crippen LogP contribution in [0, 0.1) is 6.92 Å². The molecule has 0 aliphatic carbocycles. The molecule has 84 valence electrons. The Labute approximate surface area is 96.3 Å². The first-order chi connectivity index (χ1) is 7.25. The zero-order chi connectivity index (χ0) is 10.7. The van der Waals surface area contributed by atoms with Crippen molar-refractivity contribution in [2.75, 3.05) is 19.6 Å². The van der Waals surface area contributed by atoms with Crippen LogP contribution in [0.25, 0.3) is 0 Å². The molecule has 3 heteroatoms. The molecule has 1 aromatic heterocycles. The summed E-state index contributed by atoms with van der Waals surface area (Å²) in [6.45, 7) is 9.19. The number of hydrogen-bond donors (Lipinski definition) is 1. The average molecular weight is 224 g/mol. The molecule has 2 heterocycles. The standard InChI is InChI=1S/C12H20N2S/c1-10-8-15-9-12(10)7-14-5-3-4-13-11(2)6-14/h8-9,11,13H,3-7H2,1-2H3. The maximum atomic E-state index is 3.53. The van der Waals surface area contributed by atoms with E-state index in [0.717, 1.165) is 6.54 Å². The highest BCUT2D eigenvalue weighted by atomic mass is 32.1. The largest absolute Gasteiger partial charge is 0.313 e. The molecule has 15 heavy (non-hydrogen) atoms. The Morgan fingerprint density at radius 1 is 1.53 bits per heavy atom. The minimum atomic E-state index is 0.631. The van der Waals surface area contributed by atoms with Gasteiger partial charge in [0.05, 0.1) is 0 Å². The summed E-state index contributed by atoms with van der Waals surface area (Å²) in [7, 11) is 0. The summed E-state index contributed by atoms with van der Waals surface area (Å²) >= 11 is 1.82. The van der Waals surface area contributed by atoms with Crippen molar-refractivity contribution in [3.8, 4) is 0 Å². The van der Waals surface area contributed by atoms with Crippen molar-refractivity contribution in [1.29, 1.82) is 0 Å². The first-order valence-corrected chi connectivity index (χ1v) is 6.67. The molecule has 1 aliphatic rings. The van der Waals surface area contributed by atoms with Gasteiger partial charge in [0, 0.05) is 19.1 Å². The van der Waals surface area contributed by atoms with Crippen molar-refractivity contribution < 1.29 is 0 Å². The average Bonchev–Trinajstić information content (AvgIpc) is 2.48. The van der Waals surface area contributed by atoms with E-state index in [1.807, 2.05) is 11.3 Å². The van der Waals surface area contributed by atoms with Crippen LogP contribution in [0.15, 0.2) is 10.8 Å². The molecule has 1 aliphatic heterocycles. The van der Waals surface area contributed by atoms with Gasteiger partial charge in [0.2, 0.25) is 0 Å². The Kier molecular flexibility index (Phi) is 3.78. The molecule has 1 unspecified atom stereocenters. The number of rotatable bonds is 2. The maximum absolute atomic E-state index is 3.53. The SMILES string of the molecule is Cc1cscc1CN1CCCNC(C)C1. The van der Waals surface area contributed by atoms with Crippen molar-refractivity contribution in [3.63, 3.8) is 0 Å². The third kappa shape index (κ3) is 3.03. The second kappa shape index (κ2) is 5.10. The van der Waals surface area contributed by atoms with Crippen LogP contribution in [0.4, 0.5) is 0 Å². The predicted octanol–water partition coefficient (Wildman–Crippen LogP) is 2.24. The smallest absolute Gasteiger partial charge is 0.0245 e. The summed E-state index contributed by atoms with van der Waals surface area (Å²) < 4.78 is 0. The third-order valence-electron chi connectivity index (χ3n) is 3.03. The summed E-state index contributed by atoms with van der Waals surface area (Å²) in [5.74, 6) is 0. The van der Waals surface area contributed by atoms with Gasteiger partial charge in [0.1, 0.15) is 0 Å². The predicted molar refractivity (Wildman–Crippen MR) is 66.4 cm³/mol. The van der Waals surface area contributed by atoms with Crippen molar-refractivity contribution in [2.45, 2.75) is 32.9 Å². The fraction of sp³-hybridized carbons (Fsp3) is 0.667. The first kappa shape index (κ1) is 11.1. The highest BCUT2D eigenvalue weighted by molar-refractivity contribution is 7.08. The zero-order valence-corrected chi connectivity index (χ0v) is 10.4. The van der Waals surface area contributed by atoms with Gasteiger partial charge in [-0.1, -0.05) is 0 Å². The van der Waals surface area contributed by atoms with Crippen LogP contribution < -0.4 is 5.32 Å². The Hall–Kier alpha value is -0.380. The fourth-order valence-electron chi connectivity index (χ4n) is 2.13. The van der Waals surface area contributed by atoms with Crippen LogP contribution >= 0.6 is 11.3 Å². The molecular weight excluding hydrogens is 204 g/mol. The third-order valence-corrected chi connectivity index (χ3v) is 3.94. The van der Waals surface area contributed by atoms with Crippen LogP contribution in [-0.2, 0) is 6.54 Å². The maximum Gasteiger partial charge on any atom is 0.0245 e. The molecular formula is C12H20N2S. The highest BCUT2D eigenvalue weighted by Gasteiger charge is 2.14. The van der Waals surface area contributed by atoms with Crippen LogP contribution in [0.5, 0.6) is 0 Å². The number of nitrogens with zero attached hydrogens (tertiary/aromatic N) is 1. The van der Waals surface area contributed by atoms with Crippen LogP contribution in [-0.4, -0.2) is 30.6 Å². The highest BCUT2D eigenvalue weighted by Crippen LogP contribution is 2.16. The Morgan fingerprint density at radius 2 is 2.40 bits per heavy atom. The van der Waals surface area contributed by atoms with Gasteiger partial charge in [-0.3, -0.25) is 4.90 Å². The summed E-state index contributed by atoms with van der Waals surface area (Å²) in [5.41, 5.74) is 2.96. The normalized spacial score (nSPS) is 24.0. The molecule has 0 amide bonds. The quantitative estimate of drug-likeness (QED) is 0.829. The van der Waals surface area contributed by atoms with Gasteiger partial charge in [-0.05, 0) is 55.2 Å². The van der Waals surface area contributed by atoms with Crippen molar-refractivity contribution in [3.05, 3.63) is 21.9 Å². The van der Waals surface area contributed by atoms with Crippen LogP contribution in [0.3, 0.4) is 0 Å². The molecule has 1 fully saturated rings. The molecule has 0 radical (unpaired) electrons. The van der Waals surface area contributed by atoms with Crippen LogP contribution in [0.2, 0.25) is 0 Å². The lowest BCUT2D eigenvalue weighted by Crippen LogP contribution is -2.34. The Morgan fingerprint density at radius 3 is 3.13 bits per heavy atom. The van der Waals surface area contributed by atoms with E-state index in [1.54, 1.807) is 0 Å². The Bertz CT molecular complexity index is 308. The molecule has 0 saturated carbocycles. The van der Waals surface area contributed by atoms with Crippen molar-refractivity contribution >= 4 is 11.3 Å². The lowest BCUT2D eigenvalue weighted by Gasteiger charge is -2.22. The minimum Gasteiger partial charge on any atom is -0.313 e. The molecule has 2 nitrogen and oxygen atoms in total. The van der Waals surface area contributed by atoms with E-state index in [1.165, 1.54) is 37.2 Å². The number of nitrogens with one attached hydrogen (secondary N) is 1. The molecule has 1 aromatic rings. The van der Waals surface area contributed by atoms with Crippen molar-refractivity contribution in [2.24, 2.45) is 0 Å². The van der Waals surface area contributed by atoms with Gasteiger partial charge >= 0.3 is 0 Å². The van der Waals surface area contributed by atoms with Gasteiger partial charge in [0.25, 0.3) is 0 Å². The molecule has 0 aromatic carbocycles. The topological polar surface area (TPSA) is 15.3 Å². The molecule has 2 rings (SSSR count). The first-order valence-electron chi connectivity index (χ1n) is 5.73. The summed E-state index contributed by atoms with van der Waals surface area (Å²) in [4.78, 5) is 2.57. The van der Waals surface area contributed by atoms with E-state index >= 15 is 0 Å². The molecule has 1 N–H and O–H groups in total. The number of hydrogen-bond acceptors (Lipinski definition) is 3. The number of aryl methyl sites for hydroxylation is 1. The number of thiophene rings is 1. The summed E-state index contributed by atoms with van der Waals surface area (Å²) in [6, 6.07) is 0.631. The molecule has 1 atom stereocenters. The lowest BCUT2D eigenvalue weighted by atomic mass is 10.2. The van der Waals surface area contributed by atoms with Gasteiger partial charge in [-0.2, -0.15) is 11.3 Å². The van der Waals surface area contributed by atoms with E-state index in [2.05, 4.69) is 34.8 Å². The summed E-state index contributed by atoms with van der Waals surface area (Å²) in [6.07, 6.45) is 1.27. The molecule has 0 bridgehead atoms. The van der Waals surface area contributed by atoms with E-state index in [9.17, 15) is 0 Å². The van der Waals surface area contributed by atoms with Gasteiger partial charge < -0.3 is 5.32 Å². The van der Waals surface area contributed by atoms with Gasteiger partial charge in [-0.15, -0.1) is 0 Å². The van der Waals surface area contributed by atoms with E-state index in [0.29, 0.717) is 6.04 Å². The second-order valence-electron chi connectivity index (χ2n) is 4.52. The molecule has 1 saturated heterocycles. The second-order valence-corrected chi connectivity index (χ2v) is 5.27. The van der Waals surface area contributed by atoms with Crippen molar-refractivity contribution in [1.82, 2.24) is 10.2 Å². The Balaban J connectivity index is 1.96. The van der Waals surface area contributed by atoms with E-state index in [-0.39, 0.29) is 0 Å². The minimum absolute atomic E-state index is 0.631. The monoisotopic (exact) mass is 224 g/mol. The zero-order valence-electron chi connectivity index (χ0n) is 9.62.